The Balaban J connectivity index is 1.44. The van der Waals surface area contributed by atoms with Crippen molar-refractivity contribution in [2.45, 2.75) is 19.4 Å². The summed E-state index contributed by atoms with van der Waals surface area (Å²) in [5.74, 6) is 0.432. The summed E-state index contributed by atoms with van der Waals surface area (Å²) < 4.78 is 12.6. The van der Waals surface area contributed by atoms with Gasteiger partial charge in [-0.2, -0.15) is 0 Å². The van der Waals surface area contributed by atoms with Crippen molar-refractivity contribution < 1.29 is 28.0 Å². The van der Waals surface area contributed by atoms with Gasteiger partial charge in [0.1, 0.15) is 26.2 Å². The SMILES string of the molecule is CC(C(=O)N1CCN(C(=O)CC[N+]2(C)CCOCC2)CC1)[N+]1(C)CCOCC1. The molecule has 0 aromatic carbocycles. The summed E-state index contributed by atoms with van der Waals surface area (Å²) in [5, 5.41) is 0. The van der Waals surface area contributed by atoms with Crippen LogP contribution >= 0.6 is 0 Å². The van der Waals surface area contributed by atoms with E-state index in [0.29, 0.717) is 32.6 Å². The lowest BCUT2D eigenvalue weighted by molar-refractivity contribution is -0.930. The van der Waals surface area contributed by atoms with Gasteiger partial charge in [-0.15, -0.1) is 0 Å². The fourth-order valence-electron chi connectivity index (χ4n) is 4.39. The number of likely N-dealkylation sites (N-methyl/N-ethyl adjacent to an activating group) is 2. The van der Waals surface area contributed by atoms with Crippen LogP contribution in [0.4, 0.5) is 0 Å². The van der Waals surface area contributed by atoms with Crippen LogP contribution in [-0.4, -0.2) is 136 Å². The van der Waals surface area contributed by atoms with Gasteiger partial charge in [-0.1, -0.05) is 0 Å². The molecule has 160 valence electrons. The minimum atomic E-state index is -0.0584. The smallest absolute Gasteiger partial charge is 0.280 e. The van der Waals surface area contributed by atoms with Crippen molar-refractivity contribution in [1.82, 2.24) is 9.80 Å². The van der Waals surface area contributed by atoms with Crippen LogP contribution in [0.15, 0.2) is 0 Å². The van der Waals surface area contributed by atoms with Gasteiger partial charge in [0.2, 0.25) is 5.91 Å². The molecule has 2 amide bonds. The third-order valence-electron chi connectivity index (χ3n) is 7.15. The zero-order valence-electron chi connectivity index (χ0n) is 17.9. The third-order valence-corrected chi connectivity index (χ3v) is 7.15. The van der Waals surface area contributed by atoms with E-state index in [-0.39, 0.29) is 17.9 Å². The van der Waals surface area contributed by atoms with E-state index in [1.807, 2.05) is 16.7 Å². The lowest BCUT2D eigenvalue weighted by atomic mass is 10.1. The highest BCUT2D eigenvalue weighted by Crippen LogP contribution is 2.17. The van der Waals surface area contributed by atoms with Crippen molar-refractivity contribution in [3.63, 3.8) is 0 Å². The number of quaternary nitrogens is 2. The first-order chi connectivity index (χ1) is 13.3. The first kappa shape index (κ1) is 21.5. The van der Waals surface area contributed by atoms with E-state index >= 15 is 0 Å². The van der Waals surface area contributed by atoms with E-state index in [1.54, 1.807) is 0 Å². The molecule has 8 nitrogen and oxygen atoms in total. The van der Waals surface area contributed by atoms with Crippen LogP contribution in [0.3, 0.4) is 0 Å². The second-order valence-electron chi connectivity index (χ2n) is 9.07. The summed E-state index contributed by atoms with van der Waals surface area (Å²) in [6.45, 7) is 12.2. The Morgan fingerprint density at radius 2 is 1.36 bits per heavy atom. The number of carbonyl (C=O) groups is 2. The fraction of sp³-hybridized carbons (Fsp3) is 0.900. The highest BCUT2D eigenvalue weighted by Gasteiger charge is 2.39. The van der Waals surface area contributed by atoms with Crippen LogP contribution in [0.5, 0.6) is 0 Å². The molecule has 0 bridgehead atoms. The molecule has 3 rings (SSSR count). The molecule has 3 fully saturated rings. The number of amides is 2. The Morgan fingerprint density at radius 3 is 1.93 bits per heavy atom. The Kier molecular flexibility index (Phi) is 6.96. The molecule has 3 saturated heterocycles. The number of hydrogen-bond donors (Lipinski definition) is 0. The molecule has 3 aliphatic rings. The van der Waals surface area contributed by atoms with Gasteiger partial charge < -0.3 is 28.2 Å². The van der Waals surface area contributed by atoms with E-state index in [4.69, 9.17) is 9.47 Å². The predicted octanol–water partition coefficient (Wildman–Crippen LogP) is -0.611. The van der Waals surface area contributed by atoms with Crippen molar-refractivity contribution in [3.8, 4) is 0 Å². The third kappa shape index (κ3) is 5.03. The highest BCUT2D eigenvalue weighted by atomic mass is 16.5. The largest absolute Gasteiger partial charge is 0.370 e. The first-order valence-corrected chi connectivity index (χ1v) is 10.7. The van der Waals surface area contributed by atoms with E-state index in [0.717, 1.165) is 68.1 Å². The van der Waals surface area contributed by atoms with Crippen molar-refractivity contribution in [2.24, 2.45) is 0 Å². The minimum Gasteiger partial charge on any atom is -0.370 e. The lowest BCUT2D eigenvalue weighted by Gasteiger charge is -2.44. The molecule has 0 radical (unpaired) electrons. The standard InChI is InChI=1S/C20H38N4O4/c1-18(24(3)12-16-28-17-13-24)20(26)22-7-5-21(6-8-22)19(25)4-9-23(2)10-14-27-15-11-23/h18H,4-17H2,1-3H3/q+2. The number of morpholine rings is 2. The normalized spacial score (nSPS) is 26.0. The summed E-state index contributed by atoms with van der Waals surface area (Å²) in [5.41, 5.74) is 0. The van der Waals surface area contributed by atoms with Crippen LogP contribution in [0.1, 0.15) is 13.3 Å². The molecule has 1 unspecified atom stereocenters. The van der Waals surface area contributed by atoms with Crippen LogP contribution in [0.2, 0.25) is 0 Å². The second kappa shape index (κ2) is 9.07. The van der Waals surface area contributed by atoms with Crippen LogP contribution < -0.4 is 0 Å². The number of rotatable bonds is 5. The summed E-state index contributed by atoms with van der Waals surface area (Å²) in [6, 6.07) is -0.0584. The van der Waals surface area contributed by atoms with E-state index in [9.17, 15) is 9.59 Å². The molecule has 28 heavy (non-hydrogen) atoms. The summed E-state index contributed by atoms with van der Waals surface area (Å²) in [7, 11) is 4.36. The number of ether oxygens (including phenoxy) is 2. The Labute approximate surface area is 169 Å². The van der Waals surface area contributed by atoms with Gasteiger partial charge in [-0.25, -0.2) is 0 Å². The Morgan fingerprint density at radius 1 is 0.857 bits per heavy atom. The van der Waals surface area contributed by atoms with E-state index < -0.39 is 0 Å². The van der Waals surface area contributed by atoms with E-state index in [1.165, 1.54) is 0 Å². The monoisotopic (exact) mass is 398 g/mol. The first-order valence-electron chi connectivity index (χ1n) is 10.7. The molecule has 0 aliphatic carbocycles. The van der Waals surface area contributed by atoms with E-state index in [2.05, 4.69) is 14.1 Å². The molecular weight excluding hydrogens is 360 g/mol. The Hall–Kier alpha value is -1.22. The second-order valence-corrected chi connectivity index (χ2v) is 9.07. The average molecular weight is 399 g/mol. The van der Waals surface area contributed by atoms with Gasteiger partial charge >= 0.3 is 0 Å². The molecule has 0 N–H and O–H groups in total. The number of piperazine rings is 1. The predicted molar refractivity (Wildman–Crippen MR) is 106 cm³/mol. The molecule has 1 atom stereocenters. The highest BCUT2D eigenvalue weighted by molar-refractivity contribution is 5.81. The summed E-state index contributed by atoms with van der Waals surface area (Å²) in [6.07, 6.45) is 0.579. The zero-order valence-corrected chi connectivity index (χ0v) is 17.9. The lowest BCUT2D eigenvalue weighted by Crippen LogP contribution is -2.63. The Bertz CT molecular complexity index is 550. The summed E-state index contributed by atoms with van der Waals surface area (Å²) >= 11 is 0. The van der Waals surface area contributed by atoms with Gasteiger partial charge in [0.15, 0.2) is 6.04 Å². The molecule has 8 heteroatoms. The minimum absolute atomic E-state index is 0.0584. The topological polar surface area (TPSA) is 59.1 Å². The molecule has 0 spiro atoms. The van der Waals surface area contributed by atoms with Gasteiger partial charge in [-0.3, -0.25) is 9.59 Å². The van der Waals surface area contributed by atoms with Gasteiger partial charge in [0.05, 0.1) is 53.5 Å². The molecule has 3 heterocycles. The van der Waals surface area contributed by atoms with Crippen LogP contribution in [-0.2, 0) is 19.1 Å². The number of carbonyl (C=O) groups excluding carboxylic acids is 2. The van der Waals surface area contributed by atoms with Crippen molar-refractivity contribution in [3.05, 3.63) is 0 Å². The van der Waals surface area contributed by atoms with Crippen molar-refractivity contribution >= 4 is 11.8 Å². The quantitative estimate of drug-likeness (QED) is 0.580. The van der Waals surface area contributed by atoms with Crippen LogP contribution in [0, 0.1) is 0 Å². The molecule has 0 aromatic heterocycles. The number of nitrogens with zero attached hydrogens (tertiary/aromatic N) is 4. The van der Waals surface area contributed by atoms with Gasteiger partial charge in [0.25, 0.3) is 5.91 Å². The van der Waals surface area contributed by atoms with Crippen molar-refractivity contribution in [2.75, 3.05) is 99.4 Å². The maximum atomic E-state index is 13.0. The molecule has 0 aromatic rings. The average Bonchev–Trinajstić information content (AvgIpc) is 2.72. The van der Waals surface area contributed by atoms with Crippen LogP contribution in [0.25, 0.3) is 0 Å². The maximum absolute atomic E-state index is 13.0. The molecule has 3 aliphatic heterocycles. The fourth-order valence-corrected chi connectivity index (χ4v) is 4.39. The van der Waals surface area contributed by atoms with Gasteiger partial charge in [0, 0.05) is 26.2 Å². The van der Waals surface area contributed by atoms with Crippen molar-refractivity contribution in [1.29, 1.82) is 0 Å². The summed E-state index contributed by atoms with van der Waals surface area (Å²) in [4.78, 5) is 29.5. The number of hydrogen-bond acceptors (Lipinski definition) is 4. The molecule has 0 saturated carbocycles. The zero-order chi connectivity index (χ0) is 20.2. The molecular formula is C20H38N4O4+2. The maximum Gasteiger partial charge on any atom is 0.280 e. The van der Waals surface area contributed by atoms with Gasteiger partial charge in [-0.05, 0) is 6.92 Å².